The Morgan fingerprint density at radius 1 is 1.29 bits per heavy atom. The molecular formula is C21H26N2O4S. The number of nitrogens with one attached hydrogen (secondary N) is 1. The highest BCUT2D eigenvalue weighted by Gasteiger charge is 2.31. The van der Waals surface area contributed by atoms with Crippen molar-refractivity contribution in [1.82, 2.24) is 4.90 Å². The summed E-state index contributed by atoms with van der Waals surface area (Å²) in [7, 11) is 0. The van der Waals surface area contributed by atoms with Crippen molar-refractivity contribution >= 4 is 28.2 Å². The number of amides is 1. The predicted octanol–water partition coefficient (Wildman–Crippen LogP) is 3.30. The van der Waals surface area contributed by atoms with Gasteiger partial charge in [0.2, 0.25) is 5.91 Å². The van der Waals surface area contributed by atoms with E-state index in [-0.39, 0.29) is 25.7 Å². The zero-order valence-corrected chi connectivity index (χ0v) is 17.1. The first-order valence-corrected chi connectivity index (χ1v) is 10.4. The van der Waals surface area contributed by atoms with Crippen molar-refractivity contribution in [3.05, 3.63) is 40.8 Å². The number of anilines is 1. The lowest BCUT2D eigenvalue weighted by molar-refractivity contribution is -0.117. The van der Waals surface area contributed by atoms with Crippen LogP contribution in [-0.2, 0) is 9.53 Å². The van der Waals surface area contributed by atoms with Crippen molar-refractivity contribution in [3.63, 3.8) is 0 Å². The fourth-order valence-corrected chi connectivity index (χ4v) is 4.37. The van der Waals surface area contributed by atoms with Gasteiger partial charge in [-0.3, -0.25) is 9.69 Å². The van der Waals surface area contributed by atoms with Gasteiger partial charge in [0.15, 0.2) is 0 Å². The Hall–Kier alpha value is -2.22. The van der Waals surface area contributed by atoms with E-state index in [1.54, 1.807) is 6.92 Å². The molecule has 0 saturated heterocycles. The van der Waals surface area contributed by atoms with Gasteiger partial charge in [-0.05, 0) is 32.3 Å². The molecular weight excluding hydrogens is 376 g/mol. The lowest BCUT2D eigenvalue weighted by Crippen LogP contribution is -2.36. The van der Waals surface area contributed by atoms with Crippen LogP contribution in [0.15, 0.2) is 30.3 Å². The molecule has 0 atom stereocenters. The molecule has 7 heteroatoms. The summed E-state index contributed by atoms with van der Waals surface area (Å²) < 4.78 is 5.27. The Kier molecular flexibility index (Phi) is 6.83. The predicted molar refractivity (Wildman–Crippen MR) is 111 cm³/mol. The van der Waals surface area contributed by atoms with Gasteiger partial charge in [-0.2, -0.15) is 0 Å². The SMILES string of the molecule is CCOC(=O)c1c(NC(=O)CN(CCO)C2CC2)sc(C)c1-c1ccccc1. The smallest absolute Gasteiger partial charge is 0.341 e. The molecule has 6 nitrogen and oxygen atoms in total. The summed E-state index contributed by atoms with van der Waals surface area (Å²) in [5.74, 6) is -0.623. The molecule has 1 aromatic carbocycles. The minimum Gasteiger partial charge on any atom is -0.462 e. The Balaban J connectivity index is 1.87. The number of ether oxygens (including phenoxy) is 1. The second-order valence-electron chi connectivity index (χ2n) is 6.80. The van der Waals surface area contributed by atoms with Gasteiger partial charge in [0, 0.05) is 23.0 Å². The van der Waals surface area contributed by atoms with Gasteiger partial charge < -0.3 is 15.2 Å². The fraction of sp³-hybridized carbons (Fsp3) is 0.429. The summed E-state index contributed by atoms with van der Waals surface area (Å²) in [6, 6.07) is 10.0. The summed E-state index contributed by atoms with van der Waals surface area (Å²) in [6.07, 6.45) is 2.11. The number of carbonyl (C=O) groups excluding carboxylic acids is 2. The van der Waals surface area contributed by atoms with Crippen LogP contribution in [-0.4, -0.2) is 54.2 Å². The Morgan fingerprint density at radius 2 is 2.00 bits per heavy atom. The molecule has 150 valence electrons. The molecule has 3 rings (SSSR count). The standard InChI is InChI=1S/C21H26N2O4S/c1-3-27-21(26)19-18(15-7-5-4-6-8-15)14(2)28-20(19)22-17(25)13-23(11-12-24)16-9-10-16/h4-8,16,24H,3,9-13H2,1-2H3,(H,22,25). The van der Waals surface area contributed by atoms with E-state index in [0.29, 0.717) is 23.2 Å². The Labute approximate surface area is 169 Å². The lowest BCUT2D eigenvalue weighted by atomic mass is 10.0. The number of esters is 1. The van der Waals surface area contributed by atoms with Gasteiger partial charge in [0.25, 0.3) is 0 Å². The summed E-state index contributed by atoms with van der Waals surface area (Å²) >= 11 is 1.38. The normalized spacial score (nSPS) is 13.6. The molecule has 28 heavy (non-hydrogen) atoms. The average molecular weight is 403 g/mol. The zero-order chi connectivity index (χ0) is 20.1. The third kappa shape index (κ3) is 4.79. The van der Waals surface area contributed by atoms with E-state index in [9.17, 15) is 14.7 Å². The number of benzene rings is 1. The van der Waals surface area contributed by atoms with Crippen molar-refractivity contribution in [2.45, 2.75) is 32.7 Å². The number of hydrogen-bond acceptors (Lipinski definition) is 6. The van der Waals surface area contributed by atoms with Crippen LogP contribution in [0.2, 0.25) is 0 Å². The van der Waals surface area contributed by atoms with Crippen molar-refractivity contribution in [2.75, 3.05) is 31.6 Å². The van der Waals surface area contributed by atoms with Crippen LogP contribution in [0.3, 0.4) is 0 Å². The molecule has 0 bridgehead atoms. The molecule has 2 aromatic rings. The first kappa shape index (κ1) is 20.5. The molecule has 2 N–H and O–H groups in total. The zero-order valence-electron chi connectivity index (χ0n) is 16.2. The third-order valence-electron chi connectivity index (χ3n) is 4.68. The molecule has 0 spiro atoms. The monoisotopic (exact) mass is 402 g/mol. The maximum atomic E-state index is 12.7. The molecule has 0 radical (unpaired) electrons. The first-order chi connectivity index (χ1) is 13.5. The summed E-state index contributed by atoms with van der Waals surface area (Å²) in [4.78, 5) is 28.3. The largest absolute Gasteiger partial charge is 0.462 e. The highest BCUT2D eigenvalue weighted by atomic mass is 32.1. The average Bonchev–Trinajstić information content (AvgIpc) is 3.46. The number of aryl methyl sites for hydroxylation is 1. The molecule has 0 aliphatic heterocycles. The van der Waals surface area contributed by atoms with E-state index in [2.05, 4.69) is 5.32 Å². The van der Waals surface area contributed by atoms with Crippen molar-refractivity contribution in [2.24, 2.45) is 0 Å². The second-order valence-corrected chi connectivity index (χ2v) is 8.02. The topological polar surface area (TPSA) is 78.9 Å². The number of thiophene rings is 1. The first-order valence-electron chi connectivity index (χ1n) is 9.55. The van der Waals surface area contributed by atoms with Crippen molar-refractivity contribution < 1.29 is 19.4 Å². The quantitative estimate of drug-likeness (QED) is 0.629. The van der Waals surface area contributed by atoms with Gasteiger partial charge in [0.1, 0.15) is 10.6 Å². The Bertz CT molecular complexity index is 830. The molecule has 1 heterocycles. The van der Waals surface area contributed by atoms with Crippen LogP contribution in [0.1, 0.15) is 35.0 Å². The van der Waals surface area contributed by atoms with Crippen molar-refractivity contribution in [1.29, 1.82) is 0 Å². The molecule has 1 aromatic heterocycles. The summed E-state index contributed by atoms with van der Waals surface area (Å²) in [5, 5.41) is 12.6. The highest BCUT2D eigenvalue weighted by molar-refractivity contribution is 7.17. The number of rotatable bonds is 9. The number of aliphatic hydroxyl groups is 1. The van der Waals surface area contributed by atoms with Gasteiger partial charge >= 0.3 is 5.97 Å². The van der Waals surface area contributed by atoms with E-state index in [0.717, 1.165) is 28.8 Å². The third-order valence-corrected chi connectivity index (χ3v) is 5.70. The highest BCUT2D eigenvalue weighted by Crippen LogP contribution is 2.40. The van der Waals surface area contributed by atoms with Crippen LogP contribution in [0, 0.1) is 6.92 Å². The number of nitrogens with zero attached hydrogens (tertiary/aromatic N) is 1. The molecule has 1 saturated carbocycles. The molecule has 1 aliphatic carbocycles. The minimum absolute atomic E-state index is 0.0219. The second kappa shape index (κ2) is 9.32. The van der Waals surface area contributed by atoms with E-state index in [1.807, 2.05) is 42.2 Å². The molecule has 1 aliphatic rings. The van der Waals surface area contributed by atoms with E-state index < -0.39 is 5.97 Å². The van der Waals surface area contributed by atoms with E-state index in [1.165, 1.54) is 11.3 Å². The van der Waals surface area contributed by atoms with E-state index >= 15 is 0 Å². The fourth-order valence-electron chi connectivity index (χ4n) is 3.29. The van der Waals surface area contributed by atoms with Crippen LogP contribution in [0.5, 0.6) is 0 Å². The van der Waals surface area contributed by atoms with Crippen LogP contribution in [0.4, 0.5) is 5.00 Å². The number of hydrogen-bond donors (Lipinski definition) is 2. The summed E-state index contributed by atoms with van der Waals surface area (Å²) in [6.45, 7) is 4.66. The Morgan fingerprint density at radius 3 is 2.61 bits per heavy atom. The summed E-state index contributed by atoms with van der Waals surface area (Å²) in [5.41, 5.74) is 2.12. The maximum absolute atomic E-state index is 12.7. The minimum atomic E-state index is -0.435. The lowest BCUT2D eigenvalue weighted by Gasteiger charge is -2.20. The van der Waals surface area contributed by atoms with Crippen LogP contribution >= 0.6 is 11.3 Å². The molecule has 1 amide bonds. The van der Waals surface area contributed by atoms with Gasteiger partial charge in [-0.25, -0.2) is 4.79 Å². The maximum Gasteiger partial charge on any atom is 0.341 e. The van der Waals surface area contributed by atoms with E-state index in [4.69, 9.17) is 4.74 Å². The molecule has 1 fully saturated rings. The number of carbonyl (C=O) groups is 2. The van der Waals surface area contributed by atoms with Crippen molar-refractivity contribution in [3.8, 4) is 11.1 Å². The van der Waals surface area contributed by atoms with Crippen LogP contribution < -0.4 is 5.32 Å². The number of aliphatic hydroxyl groups excluding tert-OH is 1. The van der Waals surface area contributed by atoms with Crippen LogP contribution in [0.25, 0.3) is 11.1 Å². The molecule has 0 unspecified atom stereocenters. The van der Waals surface area contributed by atoms with Gasteiger partial charge in [-0.15, -0.1) is 11.3 Å². The van der Waals surface area contributed by atoms with Gasteiger partial charge in [0.05, 0.1) is 19.8 Å². The van der Waals surface area contributed by atoms with Gasteiger partial charge in [-0.1, -0.05) is 30.3 Å².